The van der Waals surface area contributed by atoms with Crippen LogP contribution in [0.1, 0.15) is 35.9 Å². The first-order chi connectivity index (χ1) is 13.6. The summed E-state index contributed by atoms with van der Waals surface area (Å²) in [7, 11) is 0. The predicted molar refractivity (Wildman–Crippen MR) is 101 cm³/mol. The molecule has 0 aliphatic carbocycles. The van der Waals surface area contributed by atoms with Gasteiger partial charge in [0.15, 0.2) is 17.3 Å². The number of amides is 3. The summed E-state index contributed by atoms with van der Waals surface area (Å²) in [5.74, 6) is -0.0566. The van der Waals surface area contributed by atoms with Gasteiger partial charge in [0, 0.05) is 25.7 Å². The van der Waals surface area contributed by atoms with E-state index in [2.05, 4.69) is 10.6 Å². The summed E-state index contributed by atoms with van der Waals surface area (Å²) in [5.41, 5.74) is 0.648. The smallest absolute Gasteiger partial charge is 0.315 e. The zero-order valence-corrected chi connectivity index (χ0v) is 15.7. The van der Waals surface area contributed by atoms with E-state index in [1.54, 1.807) is 36.1 Å². The van der Waals surface area contributed by atoms with Crippen LogP contribution in [0, 0.1) is 5.82 Å². The van der Waals surface area contributed by atoms with Crippen LogP contribution in [-0.2, 0) is 6.54 Å². The number of ether oxygens (including phenoxy) is 1. The van der Waals surface area contributed by atoms with Crippen LogP contribution in [0.4, 0.5) is 9.18 Å². The molecular weight excluding hydrogens is 365 g/mol. The maximum Gasteiger partial charge on any atom is 0.315 e. The molecule has 8 heteroatoms. The molecule has 2 aromatic rings. The van der Waals surface area contributed by atoms with Crippen LogP contribution in [0.2, 0.25) is 0 Å². The van der Waals surface area contributed by atoms with Crippen molar-refractivity contribution < 1.29 is 23.1 Å². The molecule has 1 aromatic heterocycles. The fourth-order valence-electron chi connectivity index (χ4n) is 3.13. The van der Waals surface area contributed by atoms with Gasteiger partial charge in [-0.05, 0) is 49.6 Å². The van der Waals surface area contributed by atoms with E-state index in [1.807, 2.05) is 0 Å². The minimum absolute atomic E-state index is 0.0160. The van der Waals surface area contributed by atoms with Gasteiger partial charge >= 0.3 is 6.03 Å². The van der Waals surface area contributed by atoms with Crippen molar-refractivity contribution in [1.29, 1.82) is 0 Å². The molecule has 1 aromatic carbocycles. The topological polar surface area (TPSA) is 83.8 Å². The number of likely N-dealkylation sites (tertiary alicyclic amines) is 1. The number of carbonyl (C=O) groups is 2. The van der Waals surface area contributed by atoms with Crippen molar-refractivity contribution in [3.8, 4) is 5.75 Å². The minimum atomic E-state index is -0.449. The van der Waals surface area contributed by atoms with Crippen molar-refractivity contribution in [3.63, 3.8) is 0 Å². The lowest BCUT2D eigenvalue weighted by Gasteiger charge is -2.31. The number of rotatable bonds is 6. The number of nitrogens with one attached hydrogen (secondary N) is 2. The van der Waals surface area contributed by atoms with E-state index in [0.29, 0.717) is 43.9 Å². The number of furan rings is 1. The van der Waals surface area contributed by atoms with Crippen LogP contribution in [0.3, 0.4) is 0 Å². The number of hydrogen-bond acceptors (Lipinski definition) is 4. The molecule has 1 aliphatic rings. The van der Waals surface area contributed by atoms with Crippen LogP contribution in [-0.4, -0.2) is 42.6 Å². The molecule has 0 saturated carbocycles. The molecule has 0 unspecified atom stereocenters. The third kappa shape index (κ3) is 5.03. The van der Waals surface area contributed by atoms with E-state index in [0.717, 1.165) is 0 Å². The van der Waals surface area contributed by atoms with Gasteiger partial charge in [0.05, 0.1) is 12.9 Å². The lowest BCUT2D eigenvalue weighted by Crippen LogP contribution is -2.49. The monoisotopic (exact) mass is 389 g/mol. The van der Waals surface area contributed by atoms with Crippen LogP contribution >= 0.6 is 0 Å². The van der Waals surface area contributed by atoms with Crippen molar-refractivity contribution in [3.05, 3.63) is 53.7 Å². The second kappa shape index (κ2) is 9.25. The van der Waals surface area contributed by atoms with Crippen molar-refractivity contribution in [2.75, 3.05) is 19.7 Å². The quantitative estimate of drug-likeness (QED) is 0.796. The number of urea groups is 1. The highest BCUT2D eigenvalue weighted by molar-refractivity contribution is 5.91. The molecule has 0 bridgehead atoms. The predicted octanol–water partition coefficient (Wildman–Crippen LogP) is 2.92. The summed E-state index contributed by atoms with van der Waals surface area (Å²) in [6.07, 6.45) is 2.80. The molecule has 2 N–H and O–H groups in total. The van der Waals surface area contributed by atoms with Gasteiger partial charge in [-0.2, -0.15) is 0 Å². The maximum absolute atomic E-state index is 13.8. The summed E-state index contributed by atoms with van der Waals surface area (Å²) in [5, 5.41) is 5.63. The Morgan fingerprint density at radius 1 is 1.29 bits per heavy atom. The van der Waals surface area contributed by atoms with Gasteiger partial charge < -0.3 is 24.7 Å². The number of carbonyl (C=O) groups excluding carboxylic acids is 2. The molecule has 28 heavy (non-hydrogen) atoms. The molecule has 1 fully saturated rings. The van der Waals surface area contributed by atoms with E-state index in [-0.39, 0.29) is 30.3 Å². The van der Waals surface area contributed by atoms with Crippen molar-refractivity contribution in [2.24, 2.45) is 0 Å². The lowest BCUT2D eigenvalue weighted by atomic mass is 10.0. The summed E-state index contributed by atoms with van der Waals surface area (Å²) in [6.45, 7) is 3.49. The number of halogens is 1. The van der Waals surface area contributed by atoms with Gasteiger partial charge in [-0.1, -0.05) is 6.07 Å². The standard InChI is InChI=1S/C20H24FN3O4/c1-2-27-17-6-5-14(12-16(17)21)13-22-20(26)23-15-7-9-24(10-8-15)19(25)18-4-3-11-28-18/h3-6,11-12,15H,2,7-10,13H2,1H3,(H2,22,23,26). The van der Waals surface area contributed by atoms with E-state index in [9.17, 15) is 14.0 Å². The fraction of sp³-hybridized carbons (Fsp3) is 0.400. The Morgan fingerprint density at radius 3 is 2.71 bits per heavy atom. The summed E-state index contributed by atoms with van der Waals surface area (Å²) >= 11 is 0. The first-order valence-corrected chi connectivity index (χ1v) is 9.35. The number of benzene rings is 1. The van der Waals surface area contributed by atoms with E-state index in [4.69, 9.17) is 9.15 Å². The summed E-state index contributed by atoms with van der Waals surface area (Å²) in [6, 6.07) is 7.62. The van der Waals surface area contributed by atoms with E-state index >= 15 is 0 Å². The molecule has 150 valence electrons. The number of piperidine rings is 1. The van der Waals surface area contributed by atoms with E-state index < -0.39 is 5.82 Å². The van der Waals surface area contributed by atoms with Crippen molar-refractivity contribution in [1.82, 2.24) is 15.5 Å². The van der Waals surface area contributed by atoms with Crippen LogP contribution in [0.25, 0.3) is 0 Å². The second-order valence-corrected chi connectivity index (χ2v) is 6.57. The molecule has 1 saturated heterocycles. The molecule has 0 spiro atoms. The van der Waals surface area contributed by atoms with Crippen LogP contribution < -0.4 is 15.4 Å². The van der Waals surface area contributed by atoms with Crippen molar-refractivity contribution >= 4 is 11.9 Å². The van der Waals surface area contributed by atoms with E-state index in [1.165, 1.54) is 12.3 Å². The average molecular weight is 389 g/mol. The molecular formula is C20H24FN3O4. The highest BCUT2D eigenvalue weighted by Crippen LogP contribution is 2.18. The summed E-state index contributed by atoms with van der Waals surface area (Å²) < 4.78 is 24.1. The average Bonchev–Trinajstić information content (AvgIpc) is 3.23. The Kier molecular flexibility index (Phi) is 6.52. The van der Waals surface area contributed by atoms with Gasteiger partial charge in [0.1, 0.15) is 0 Å². The Morgan fingerprint density at radius 2 is 2.07 bits per heavy atom. The zero-order chi connectivity index (χ0) is 19.9. The zero-order valence-electron chi connectivity index (χ0n) is 15.7. The third-order valence-corrected chi connectivity index (χ3v) is 4.60. The first-order valence-electron chi connectivity index (χ1n) is 9.35. The molecule has 2 heterocycles. The lowest BCUT2D eigenvalue weighted by molar-refractivity contribution is 0.0676. The third-order valence-electron chi connectivity index (χ3n) is 4.60. The number of nitrogens with zero attached hydrogens (tertiary/aromatic N) is 1. The normalized spacial score (nSPS) is 14.6. The fourth-order valence-corrected chi connectivity index (χ4v) is 3.13. The summed E-state index contributed by atoms with van der Waals surface area (Å²) in [4.78, 5) is 26.1. The number of hydrogen-bond donors (Lipinski definition) is 2. The molecule has 3 rings (SSSR count). The van der Waals surface area contributed by atoms with Crippen LogP contribution in [0.15, 0.2) is 41.0 Å². The molecule has 1 aliphatic heterocycles. The SMILES string of the molecule is CCOc1ccc(CNC(=O)NC2CCN(C(=O)c3ccco3)CC2)cc1F. The maximum atomic E-state index is 13.8. The van der Waals surface area contributed by atoms with Crippen molar-refractivity contribution in [2.45, 2.75) is 32.4 Å². The Labute approximate surface area is 162 Å². The minimum Gasteiger partial charge on any atom is -0.491 e. The Balaban J connectivity index is 1.41. The molecule has 0 radical (unpaired) electrons. The Bertz CT molecular complexity index is 802. The highest BCUT2D eigenvalue weighted by Gasteiger charge is 2.25. The van der Waals surface area contributed by atoms with Gasteiger partial charge in [0.2, 0.25) is 0 Å². The van der Waals surface area contributed by atoms with Crippen LogP contribution in [0.5, 0.6) is 5.75 Å². The highest BCUT2D eigenvalue weighted by atomic mass is 19.1. The molecule has 0 atom stereocenters. The molecule has 3 amide bonds. The largest absolute Gasteiger partial charge is 0.491 e. The van der Waals surface area contributed by atoms with Gasteiger partial charge in [0.25, 0.3) is 5.91 Å². The Hall–Kier alpha value is -3.03. The van der Waals surface area contributed by atoms with Gasteiger partial charge in [-0.25, -0.2) is 9.18 Å². The second-order valence-electron chi connectivity index (χ2n) is 6.57. The van der Waals surface area contributed by atoms with Gasteiger partial charge in [-0.3, -0.25) is 4.79 Å². The van der Waals surface area contributed by atoms with Gasteiger partial charge in [-0.15, -0.1) is 0 Å². The first kappa shape index (κ1) is 19.7. The molecule has 7 nitrogen and oxygen atoms in total.